The fourth-order valence-corrected chi connectivity index (χ4v) is 7.23. The van der Waals surface area contributed by atoms with Crippen LogP contribution in [0.5, 0.6) is 0 Å². The molecule has 0 fully saturated rings. The molecular weight excluding hydrogens is 1080 g/mol. The first-order valence-electron chi connectivity index (χ1n) is 25.9. The standard InChI is InChI=1S/C42H74FN6O14S.C6H9N3O.CH4S.K/c43-41(57)33(44)31-64-32-39(54)46-20-19-45-37(52)29-62-27-26-61-24-22-48-38(53)30-63-28-25-60-23-21-47-35(50)18-17-34(42(58)59)49-36(51)15-13-11-9-7-5-3-1-2-4-6-8-10-12-14-16-40(55)56;7-5(3-10)1-6-2-8-4-9-6;1-2;/h33-34,44H,1-32H2,(H,45,52)(H,46,54)(H,47,50)(H,48,53)(H,49,51)(H,55,56)(H,58,59);2-5H,1,7H2,(H,8,9);2H,1H3;/q-1;;;+1. The van der Waals surface area contributed by atoms with Crippen molar-refractivity contribution in [1.29, 1.82) is 0 Å². The Morgan fingerprint density at radius 2 is 1.13 bits per heavy atom. The van der Waals surface area contributed by atoms with Crippen LogP contribution in [0.4, 0.5) is 4.39 Å². The van der Waals surface area contributed by atoms with E-state index < -0.39 is 42.0 Å². The van der Waals surface area contributed by atoms with Crippen LogP contribution in [0.2, 0.25) is 0 Å². The minimum absolute atomic E-state index is 0. The summed E-state index contributed by atoms with van der Waals surface area (Å²) in [6.07, 6.45) is 21.5. The number of rotatable bonds is 49. The second kappa shape index (κ2) is 57.5. The van der Waals surface area contributed by atoms with Crippen molar-refractivity contribution in [1.82, 2.24) is 36.6 Å². The summed E-state index contributed by atoms with van der Waals surface area (Å²) in [5.41, 5.74) is 13.4. The maximum Gasteiger partial charge on any atom is 1.00 e. The molecule has 28 heteroatoms. The average Bonchev–Trinajstić information content (AvgIpc) is 3.91. The number of thioether (sulfide) groups is 1. The molecule has 24 nitrogen and oxygen atoms in total. The second-order valence-corrected chi connectivity index (χ2v) is 18.1. The van der Waals surface area contributed by atoms with Gasteiger partial charge in [0.25, 0.3) is 6.04 Å². The number of halogens is 1. The van der Waals surface area contributed by atoms with Crippen LogP contribution in [-0.4, -0.2) is 189 Å². The summed E-state index contributed by atoms with van der Waals surface area (Å²) in [4.78, 5) is 109. The number of carbonyl (C=O) groups is 9. The van der Waals surface area contributed by atoms with E-state index in [1.54, 1.807) is 18.8 Å². The first-order chi connectivity index (χ1) is 36.6. The molecule has 77 heavy (non-hydrogen) atoms. The molecule has 0 saturated heterocycles. The van der Waals surface area contributed by atoms with E-state index in [9.17, 15) is 52.6 Å². The van der Waals surface area contributed by atoms with Crippen LogP contribution in [-0.2, 0) is 68.5 Å². The molecule has 1 rings (SSSR count). The number of carboxylic acids is 2. The summed E-state index contributed by atoms with van der Waals surface area (Å²) in [6, 6.07) is -4.82. The van der Waals surface area contributed by atoms with Gasteiger partial charge in [0.15, 0.2) is 0 Å². The second-order valence-electron chi connectivity index (χ2n) is 17.0. The van der Waals surface area contributed by atoms with E-state index in [1.165, 1.54) is 38.5 Å². The number of hydrogen-bond acceptors (Lipinski definition) is 17. The van der Waals surface area contributed by atoms with E-state index >= 15 is 0 Å². The van der Waals surface area contributed by atoms with Crippen molar-refractivity contribution in [3.63, 3.8) is 0 Å². The summed E-state index contributed by atoms with van der Waals surface area (Å²) >= 11 is 4.49. The number of aliphatic carboxylic acids is 2. The van der Waals surface area contributed by atoms with E-state index in [0.717, 1.165) is 68.7 Å². The van der Waals surface area contributed by atoms with Crippen LogP contribution < -0.4 is 83.7 Å². The van der Waals surface area contributed by atoms with Crippen molar-refractivity contribution >= 4 is 78.2 Å². The van der Waals surface area contributed by atoms with Crippen molar-refractivity contribution in [2.75, 3.05) is 96.8 Å². The van der Waals surface area contributed by atoms with Crippen molar-refractivity contribution in [3.8, 4) is 0 Å². The van der Waals surface area contributed by atoms with Crippen molar-refractivity contribution in [2.24, 2.45) is 5.73 Å². The molecule has 0 saturated carbocycles. The number of H-pyrrole nitrogens is 1. The number of nitrogens with zero attached hydrogens (tertiary/aromatic N) is 1. The Morgan fingerprint density at radius 3 is 1.58 bits per heavy atom. The van der Waals surface area contributed by atoms with Crippen LogP contribution in [0.1, 0.15) is 121 Å². The van der Waals surface area contributed by atoms with Crippen LogP contribution in [0.15, 0.2) is 12.5 Å². The monoisotopic (exact) mass is 1160 g/mol. The molecule has 438 valence electrons. The quantitative estimate of drug-likeness (QED) is 0.0134. The van der Waals surface area contributed by atoms with Gasteiger partial charge in [-0.25, -0.2) is 9.78 Å². The van der Waals surface area contributed by atoms with E-state index in [1.807, 2.05) is 0 Å². The third-order valence-electron chi connectivity index (χ3n) is 10.4. The predicted molar refractivity (Wildman–Crippen MR) is 288 cm³/mol. The van der Waals surface area contributed by atoms with Crippen LogP contribution in [0.25, 0.3) is 5.73 Å². The zero-order valence-electron chi connectivity index (χ0n) is 45.3. The molecule has 11 N–H and O–H groups in total. The molecule has 0 aliphatic heterocycles. The van der Waals surface area contributed by atoms with Gasteiger partial charge in [-0.2, -0.15) is 28.8 Å². The third-order valence-corrected chi connectivity index (χ3v) is 11.5. The number of hydrogen-bond donors (Lipinski definition) is 10. The summed E-state index contributed by atoms with van der Waals surface area (Å²) in [5, 5.41) is 31.0. The summed E-state index contributed by atoms with van der Waals surface area (Å²) in [7, 11) is 0. The van der Waals surface area contributed by atoms with Gasteiger partial charge in [-0.15, -0.1) is 0 Å². The Labute approximate surface area is 505 Å². The molecule has 3 atom stereocenters. The first kappa shape index (κ1) is 78.1. The Hall–Kier alpha value is -3.13. The van der Waals surface area contributed by atoms with Crippen LogP contribution in [0, 0.1) is 0 Å². The number of amides is 5. The van der Waals surface area contributed by atoms with Gasteiger partial charge in [0.2, 0.25) is 29.5 Å². The SMILES string of the molecule is CS.NC(C=O)Cc1cnc[nH]1.[K+].[NH-]C(CSCC(=O)NCCNC(=O)COCCOCCNC(=O)COCCOCCNC(=O)CCC(NC(=O)CCCCCCCCCCCCCCCCC(=O)O)C(=O)O)C(=O)F. The number of carboxylic acid groups (broad SMARTS) is 2. The van der Waals surface area contributed by atoms with E-state index in [-0.39, 0.29) is 191 Å². The largest absolute Gasteiger partial charge is 1.00 e. The van der Waals surface area contributed by atoms with Gasteiger partial charge < -0.3 is 77.0 Å². The number of thiol groups is 1. The molecule has 0 bridgehead atoms. The van der Waals surface area contributed by atoms with Gasteiger partial charge in [0.05, 0.1) is 57.8 Å². The normalized spacial score (nSPS) is 11.6. The molecule has 5 amide bonds. The maximum absolute atomic E-state index is 12.3. The fraction of sp³-hybridized carbons (Fsp3) is 0.755. The minimum Gasteiger partial charge on any atom is -0.665 e. The van der Waals surface area contributed by atoms with Crippen molar-refractivity contribution in [2.45, 2.75) is 140 Å². The molecule has 0 spiro atoms. The molecule has 0 aliphatic rings. The number of aromatic amines is 1. The van der Waals surface area contributed by atoms with E-state index in [0.29, 0.717) is 12.8 Å². The summed E-state index contributed by atoms with van der Waals surface area (Å²) in [5.74, 6) is -3.92. The van der Waals surface area contributed by atoms with Crippen molar-refractivity contribution in [3.05, 3.63) is 24.0 Å². The number of nitrogens with two attached hydrogens (primary N) is 1. The van der Waals surface area contributed by atoms with Crippen LogP contribution in [0.3, 0.4) is 0 Å². The van der Waals surface area contributed by atoms with Gasteiger partial charge in [-0.3, -0.25) is 33.6 Å². The Kier molecular flexibility index (Phi) is 58.4. The molecule has 0 aliphatic carbocycles. The number of unbranched alkanes of at least 4 members (excludes halogenated alkanes) is 13. The molecule has 1 aromatic rings. The molecule has 1 heterocycles. The Morgan fingerprint density at radius 1 is 0.675 bits per heavy atom. The fourth-order valence-electron chi connectivity index (χ4n) is 6.46. The van der Waals surface area contributed by atoms with Gasteiger partial charge in [-0.05, 0) is 37.3 Å². The summed E-state index contributed by atoms with van der Waals surface area (Å²) < 4.78 is 33.5. The first-order valence-corrected chi connectivity index (χ1v) is 27.9. The van der Waals surface area contributed by atoms with Crippen LogP contribution >= 0.6 is 24.4 Å². The molecule has 0 radical (unpaired) electrons. The zero-order valence-corrected chi connectivity index (χ0v) is 50.1. The smallest absolute Gasteiger partial charge is 0.665 e. The Bertz CT molecular complexity index is 1700. The number of nitrogens with one attached hydrogen (secondary N) is 7. The molecule has 0 aromatic carbocycles. The third kappa shape index (κ3) is 56.0. The molecule has 3 unspecified atom stereocenters. The van der Waals surface area contributed by atoms with E-state index in [4.69, 9.17) is 35.5 Å². The maximum atomic E-state index is 12.3. The zero-order chi connectivity index (χ0) is 56.9. The number of imidazole rings is 1. The van der Waals surface area contributed by atoms with Gasteiger partial charge in [0.1, 0.15) is 25.5 Å². The topological polar surface area (TPSA) is 370 Å². The number of aromatic nitrogens is 2. The van der Waals surface area contributed by atoms with Gasteiger partial charge >= 0.3 is 63.3 Å². The van der Waals surface area contributed by atoms with Gasteiger partial charge in [-0.1, -0.05) is 77.0 Å². The summed E-state index contributed by atoms with van der Waals surface area (Å²) in [6.45, 7) is 1.35. The molecule has 1 aromatic heterocycles. The van der Waals surface area contributed by atoms with Crippen molar-refractivity contribution < 1.29 is 128 Å². The number of aldehydes is 1. The van der Waals surface area contributed by atoms with E-state index in [2.05, 4.69) is 49.2 Å². The average molecular weight is 1160 g/mol. The number of ether oxygens (including phenoxy) is 4. The van der Waals surface area contributed by atoms with Gasteiger partial charge in [0, 0.05) is 63.8 Å². The molecular formula is C49H87FKN9O15S2. The minimum atomic E-state index is -1.74. The predicted octanol–water partition coefficient (Wildman–Crippen LogP) is -0.128. The Balaban J connectivity index is -0.00000371. The number of carbonyl (C=O) groups excluding carboxylic acids is 7.